The lowest BCUT2D eigenvalue weighted by atomic mass is 9.86. The molecule has 0 amide bonds. The smallest absolute Gasteiger partial charge is 0.226 e. The molecule has 1 atom stereocenters. The van der Waals surface area contributed by atoms with Gasteiger partial charge in [-0.25, -0.2) is 0 Å². The molecular formula is C18H24N2O3. The van der Waals surface area contributed by atoms with E-state index in [1.54, 1.807) is 0 Å². The predicted octanol–water partition coefficient (Wildman–Crippen LogP) is 3.14. The second kappa shape index (κ2) is 7.23. The third-order valence-electron chi connectivity index (χ3n) is 4.41. The Labute approximate surface area is 137 Å². The van der Waals surface area contributed by atoms with E-state index in [0.29, 0.717) is 38.2 Å². The van der Waals surface area contributed by atoms with E-state index in [1.807, 2.05) is 18.2 Å². The van der Waals surface area contributed by atoms with Gasteiger partial charge < -0.3 is 14.0 Å². The van der Waals surface area contributed by atoms with Gasteiger partial charge in [-0.1, -0.05) is 55.8 Å². The minimum absolute atomic E-state index is 0.258. The average Bonchev–Trinajstić information content (AvgIpc) is 2.99. The van der Waals surface area contributed by atoms with Crippen LogP contribution in [0.4, 0.5) is 0 Å². The summed E-state index contributed by atoms with van der Waals surface area (Å²) in [5.74, 6) is 1.98. The number of ether oxygens (including phenoxy) is 2. The van der Waals surface area contributed by atoms with Crippen molar-refractivity contribution in [3.05, 3.63) is 47.6 Å². The summed E-state index contributed by atoms with van der Waals surface area (Å²) in [4.78, 5) is 4.58. The number of benzene rings is 1. The summed E-state index contributed by atoms with van der Waals surface area (Å²) in [6.07, 6.45) is 1.93. The maximum Gasteiger partial charge on any atom is 0.226 e. The Hall–Kier alpha value is -1.72. The Morgan fingerprint density at radius 2 is 2.04 bits per heavy atom. The number of nitrogens with zero attached hydrogens (tertiary/aromatic N) is 2. The molecule has 2 aromatic rings. The normalized spacial score (nSPS) is 17.7. The fraction of sp³-hybridized carbons (Fsp3) is 0.556. The summed E-state index contributed by atoms with van der Waals surface area (Å²) in [7, 11) is 0. The number of aromatic nitrogens is 2. The molecule has 0 bridgehead atoms. The van der Waals surface area contributed by atoms with E-state index in [9.17, 15) is 0 Å². The topological polar surface area (TPSA) is 57.4 Å². The van der Waals surface area contributed by atoms with Crippen molar-refractivity contribution < 1.29 is 14.0 Å². The molecule has 1 fully saturated rings. The quantitative estimate of drug-likeness (QED) is 0.749. The maximum atomic E-state index is 5.89. The monoisotopic (exact) mass is 316 g/mol. The number of rotatable bonds is 8. The minimum Gasteiger partial charge on any atom is -0.379 e. The van der Waals surface area contributed by atoms with Gasteiger partial charge in [0.25, 0.3) is 0 Å². The SMILES string of the molecule is CCC(C)Cc1nc(C2(COCc3ccccc3)COC2)no1. The zero-order chi connectivity index (χ0) is 16.1. The number of hydrogen-bond acceptors (Lipinski definition) is 5. The van der Waals surface area contributed by atoms with Crippen molar-refractivity contribution >= 4 is 0 Å². The summed E-state index contributed by atoms with van der Waals surface area (Å²) >= 11 is 0. The van der Waals surface area contributed by atoms with Gasteiger partial charge in [0.15, 0.2) is 5.82 Å². The van der Waals surface area contributed by atoms with E-state index in [4.69, 9.17) is 14.0 Å². The molecule has 0 N–H and O–H groups in total. The third kappa shape index (κ3) is 3.79. The lowest BCUT2D eigenvalue weighted by Gasteiger charge is -2.38. The fourth-order valence-corrected chi connectivity index (χ4v) is 2.56. The van der Waals surface area contributed by atoms with E-state index in [1.165, 1.54) is 0 Å². The van der Waals surface area contributed by atoms with E-state index in [2.05, 4.69) is 36.1 Å². The molecule has 1 aliphatic heterocycles. The van der Waals surface area contributed by atoms with Crippen LogP contribution in [0, 0.1) is 5.92 Å². The zero-order valence-electron chi connectivity index (χ0n) is 13.8. The van der Waals surface area contributed by atoms with Gasteiger partial charge in [0.2, 0.25) is 5.89 Å². The van der Waals surface area contributed by atoms with Gasteiger partial charge in [-0.3, -0.25) is 0 Å². The molecule has 1 aromatic heterocycles. The molecule has 23 heavy (non-hydrogen) atoms. The van der Waals surface area contributed by atoms with Gasteiger partial charge in [-0.2, -0.15) is 4.98 Å². The molecule has 2 heterocycles. The van der Waals surface area contributed by atoms with Crippen molar-refractivity contribution in [1.29, 1.82) is 0 Å². The second-order valence-electron chi connectivity index (χ2n) is 6.48. The lowest BCUT2D eigenvalue weighted by Crippen LogP contribution is -2.51. The first kappa shape index (κ1) is 16.1. The third-order valence-corrected chi connectivity index (χ3v) is 4.41. The summed E-state index contributed by atoms with van der Waals surface area (Å²) in [5.41, 5.74) is 0.903. The van der Waals surface area contributed by atoms with Gasteiger partial charge in [0.1, 0.15) is 5.41 Å². The molecule has 5 nitrogen and oxygen atoms in total. The van der Waals surface area contributed by atoms with Crippen LogP contribution in [0.5, 0.6) is 0 Å². The molecule has 0 aliphatic carbocycles. The Morgan fingerprint density at radius 3 is 2.70 bits per heavy atom. The summed E-state index contributed by atoms with van der Waals surface area (Å²) in [6.45, 7) is 6.66. The summed E-state index contributed by atoms with van der Waals surface area (Å²) in [5, 5.41) is 4.18. The number of hydrogen-bond donors (Lipinski definition) is 0. The lowest BCUT2D eigenvalue weighted by molar-refractivity contribution is -0.106. The Bertz CT molecular complexity index is 608. The first-order valence-corrected chi connectivity index (χ1v) is 8.24. The van der Waals surface area contributed by atoms with E-state index in [-0.39, 0.29) is 5.41 Å². The van der Waals surface area contributed by atoms with Crippen LogP contribution < -0.4 is 0 Å². The molecule has 1 unspecified atom stereocenters. The van der Waals surface area contributed by atoms with Crippen molar-refractivity contribution in [2.75, 3.05) is 19.8 Å². The van der Waals surface area contributed by atoms with Gasteiger partial charge in [0, 0.05) is 6.42 Å². The highest BCUT2D eigenvalue weighted by molar-refractivity contribution is 5.15. The molecule has 3 rings (SSSR count). The second-order valence-corrected chi connectivity index (χ2v) is 6.48. The predicted molar refractivity (Wildman–Crippen MR) is 86.1 cm³/mol. The maximum absolute atomic E-state index is 5.89. The van der Waals surface area contributed by atoms with E-state index < -0.39 is 0 Å². The van der Waals surface area contributed by atoms with Gasteiger partial charge in [-0.15, -0.1) is 0 Å². The first-order valence-electron chi connectivity index (χ1n) is 8.24. The standard InChI is InChI=1S/C18H24N2O3/c1-3-14(2)9-16-19-17(20-23-16)18(12-22-13-18)11-21-10-15-7-5-4-6-8-15/h4-8,14H,3,9-13H2,1-2H3. The molecule has 0 radical (unpaired) electrons. The van der Waals surface area contributed by atoms with Crippen LogP contribution in [0.25, 0.3) is 0 Å². The molecule has 5 heteroatoms. The molecule has 0 saturated carbocycles. The van der Waals surface area contributed by atoms with Crippen molar-refractivity contribution in [3.63, 3.8) is 0 Å². The molecular weight excluding hydrogens is 292 g/mol. The van der Waals surface area contributed by atoms with Crippen LogP contribution >= 0.6 is 0 Å². The first-order chi connectivity index (χ1) is 11.2. The highest BCUT2D eigenvalue weighted by atomic mass is 16.5. The van der Waals surface area contributed by atoms with Crippen molar-refractivity contribution in [2.45, 2.75) is 38.7 Å². The molecule has 1 saturated heterocycles. The van der Waals surface area contributed by atoms with Crippen molar-refractivity contribution in [3.8, 4) is 0 Å². The Kier molecular flexibility index (Phi) is 5.08. The highest BCUT2D eigenvalue weighted by Crippen LogP contribution is 2.31. The van der Waals surface area contributed by atoms with Crippen LogP contribution in [0.2, 0.25) is 0 Å². The minimum atomic E-state index is -0.258. The molecule has 1 aromatic carbocycles. The van der Waals surface area contributed by atoms with Gasteiger partial charge in [0.05, 0.1) is 26.4 Å². The van der Waals surface area contributed by atoms with Crippen molar-refractivity contribution in [1.82, 2.24) is 10.1 Å². The Morgan fingerprint density at radius 1 is 1.26 bits per heavy atom. The van der Waals surface area contributed by atoms with Crippen LogP contribution in [0.15, 0.2) is 34.9 Å². The largest absolute Gasteiger partial charge is 0.379 e. The van der Waals surface area contributed by atoms with Gasteiger partial charge >= 0.3 is 0 Å². The highest BCUT2D eigenvalue weighted by Gasteiger charge is 2.45. The molecule has 124 valence electrons. The van der Waals surface area contributed by atoms with Crippen LogP contribution in [-0.4, -0.2) is 30.0 Å². The summed E-state index contributed by atoms with van der Waals surface area (Å²) < 4.78 is 16.7. The average molecular weight is 316 g/mol. The van der Waals surface area contributed by atoms with Crippen molar-refractivity contribution in [2.24, 2.45) is 5.92 Å². The zero-order valence-corrected chi connectivity index (χ0v) is 13.8. The fourth-order valence-electron chi connectivity index (χ4n) is 2.56. The van der Waals surface area contributed by atoms with E-state index in [0.717, 1.165) is 24.2 Å². The van der Waals surface area contributed by atoms with E-state index >= 15 is 0 Å². The van der Waals surface area contributed by atoms with Crippen LogP contribution in [0.1, 0.15) is 37.5 Å². The molecule has 1 aliphatic rings. The Balaban J connectivity index is 1.59. The van der Waals surface area contributed by atoms with Gasteiger partial charge in [-0.05, 0) is 11.5 Å². The van der Waals surface area contributed by atoms with Crippen LogP contribution in [0.3, 0.4) is 0 Å². The summed E-state index contributed by atoms with van der Waals surface area (Å²) in [6, 6.07) is 10.1. The van der Waals surface area contributed by atoms with Crippen LogP contribution in [-0.2, 0) is 27.9 Å². The molecule has 0 spiro atoms.